The number of morpholine rings is 1. The number of thiophene rings is 1. The molecule has 1 saturated heterocycles. The molecule has 0 unspecified atom stereocenters. The Bertz CT molecular complexity index is 715. The smallest absolute Gasteiger partial charge is 0.220 e. The predicted octanol–water partition coefficient (Wildman–Crippen LogP) is 3.83. The van der Waals surface area contributed by atoms with E-state index < -0.39 is 0 Å². The predicted molar refractivity (Wildman–Crippen MR) is 107 cm³/mol. The van der Waals surface area contributed by atoms with E-state index >= 15 is 0 Å². The molecule has 1 aliphatic heterocycles. The first-order valence-corrected chi connectivity index (χ1v) is 10.3. The summed E-state index contributed by atoms with van der Waals surface area (Å²) < 4.78 is 5.46. The average Bonchev–Trinajstić information content (AvgIpc) is 3.18. The molecule has 2 aromatic rings. The van der Waals surface area contributed by atoms with Gasteiger partial charge in [-0.05, 0) is 42.0 Å². The lowest BCUT2D eigenvalue weighted by molar-refractivity contribution is -0.121. The van der Waals surface area contributed by atoms with Crippen molar-refractivity contribution in [1.29, 1.82) is 0 Å². The Hall–Kier alpha value is -1.40. The highest BCUT2D eigenvalue weighted by Gasteiger charge is 2.23. The Balaban J connectivity index is 1.52. The Kier molecular flexibility index (Phi) is 7.08. The van der Waals surface area contributed by atoms with E-state index in [1.165, 1.54) is 4.88 Å². The molecule has 1 aliphatic rings. The van der Waals surface area contributed by atoms with E-state index in [-0.39, 0.29) is 11.9 Å². The molecule has 140 valence electrons. The summed E-state index contributed by atoms with van der Waals surface area (Å²) in [5.74, 6) is 0.0801. The number of hydrogen-bond acceptors (Lipinski definition) is 4. The lowest BCUT2D eigenvalue weighted by Crippen LogP contribution is -2.43. The van der Waals surface area contributed by atoms with Crippen molar-refractivity contribution in [3.05, 3.63) is 56.7 Å². The van der Waals surface area contributed by atoms with Gasteiger partial charge in [-0.25, -0.2) is 0 Å². The van der Waals surface area contributed by atoms with Crippen LogP contribution in [0.4, 0.5) is 0 Å². The first-order chi connectivity index (χ1) is 12.6. The van der Waals surface area contributed by atoms with Gasteiger partial charge in [-0.15, -0.1) is 11.3 Å². The molecular formula is C20H25ClN2O2S. The molecule has 6 heteroatoms. The van der Waals surface area contributed by atoms with Crippen molar-refractivity contribution in [3.63, 3.8) is 0 Å². The fourth-order valence-electron chi connectivity index (χ4n) is 3.13. The van der Waals surface area contributed by atoms with E-state index in [1.807, 2.05) is 25.1 Å². The minimum Gasteiger partial charge on any atom is -0.379 e. The number of ether oxygens (including phenoxy) is 1. The first-order valence-electron chi connectivity index (χ1n) is 9.00. The van der Waals surface area contributed by atoms with Crippen LogP contribution < -0.4 is 5.32 Å². The summed E-state index contributed by atoms with van der Waals surface area (Å²) in [7, 11) is 0. The summed E-state index contributed by atoms with van der Waals surface area (Å²) in [6.45, 7) is 5.93. The van der Waals surface area contributed by atoms with E-state index in [9.17, 15) is 4.79 Å². The number of nitrogens with zero attached hydrogens (tertiary/aromatic N) is 1. The minimum absolute atomic E-state index is 0.0801. The lowest BCUT2D eigenvalue weighted by Gasteiger charge is -2.34. The molecule has 1 atom stereocenters. The van der Waals surface area contributed by atoms with Gasteiger partial charge >= 0.3 is 0 Å². The number of rotatable bonds is 7. The molecule has 1 aromatic carbocycles. The van der Waals surface area contributed by atoms with E-state index in [0.29, 0.717) is 19.4 Å². The maximum atomic E-state index is 12.3. The molecule has 0 bridgehead atoms. The number of aryl methyl sites for hydroxylation is 2. The van der Waals surface area contributed by atoms with Crippen molar-refractivity contribution in [2.45, 2.75) is 25.8 Å². The Morgan fingerprint density at radius 2 is 2.15 bits per heavy atom. The highest BCUT2D eigenvalue weighted by atomic mass is 35.5. The molecule has 1 fully saturated rings. The largest absolute Gasteiger partial charge is 0.379 e. The minimum atomic E-state index is 0.0801. The van der Waals surface area contributed by atoms with Crippen LogP contribution in [-0.2, 0) is 16.0 Å². The fraction of sp³-hybridized carbons (Fsp3) is 0.450. The quantitative estimate of drug-likeness (QED) is 0.778. The van der Waals surface area contributed by atoms with Crippen LogP contribution in [0.2, 0.25) is 5.02 Å². The second-order valence-electron chi connectivity index (χ2n) is 6.57. The van der Waals surface area contributed by atoms with Crippen molar-refractivity contribution in [1.82, 2.24) is 10.2 Å². The molecule has 1 amide bonds. The summed E-state index contributed by atoms with van der Waals surface area (Å²) >= 11 is 7.90. The van der Waals surface area contributed by atoms with Gasteiger partial charge in [0.15, 0.2) is 0 Å². The van der Waals surface area contributed by atoms with Gasteiger partial charge in [-0.1, -0.05) is 29.8 Å². The topological polar surface area (TPSA) is 41.6 Å². The normalized spacial score (nSPS) is 16.4. The van der Waals surface area contributed by atoms with Crippen LogP contribution in [0.3, 0.4) is 0 Å². The Labute approximate surface area is 164 Å². The zero-order valence-electron chi connectivity index (χ0n) is 15.0. The second kappa shape index (κ2) is 9.51. The van der Waals surface area contributed by atoms with Crippen LogP contribution in [0.15, 0.2) is 35.7 Å². The molecule has 0 spiro atoms. The molecular weight excluding hydrogens is 368 g/mol. The summed E-state index contributed by atoms with van der Waals surface area (Å²) in [6, 6.07) is 10.4. The SMILES string of the molecule is Cc1ccc(CCC(=O)NC[C@@H](c2cccs2)N2CCOCC2)cc1Cl. The van der Waals surface area contributed by atoms with E-state index in [1.54, 1.807) is 11.3 Å². The highest BCUT2D eigenvalue weighted by molar-refractivity contribution is 7.10. The lowest BCUT2D eigenvalue weighted by atomic mass is 10.1. The van der Waals surface area contributed by atoms with Gasteiger partial charge in [0.2, 0.25) is 5.91 Å². The average molecular weight is 393 g/mol. The molecule has 26 heavy (non-hydrogen) atoms. The maximum Gasteiger partial charge on any atom is 0.220 e. The number of carbonyl (C=O) groups is 1. The molecule has 0 radical (unpaired) electrons. The van der Waals surface area contributed by atoms with Gasteiger partial charge in [-0.3, -0.25) is 9.69 Å². The van der Waals surface area contributed by atoms with Crippen LogP contribution in [0.25, 0.3) is 0 Å². The molecule has 1 aromatic heterocycles. The number of carbonyl (C=O) groups excluding carboxylic acids is 1. The van der Waals surface area contributed by atoms with Gasteiger partial charge < -0.3 is 10.1 Å². The van der Waals surface area contributed by atoms with Gasteiger partial charge in [0.05, 0.1) is 19.3 Å². The van der Waals surface area contributed by atoms with Gasteiger partial charge in [0.25, 0.3) is 0 Å². The highest BCUT2D eigenvalue weighted by Crippen LogP contribution is 2.25. The van der Waals surface area contributed by atoms with Crippen LogP contribution in [-0.4, -0.2) is 43.7 Å². The van der Waals surface area contributed by atoms with Gasteiger partial charge in [0, 0.05) is 36.0 Å². The third-order valence-electron chi connectivity index (χ3n) is 4.73. The Morgan fingerprint density at radius 3 is 2.85 bits per heavy atom. The molecule has 1 N–H and O–H groups in total. The Morgan fingerprint density at radius 1 is 1.35 bits per heavy atom. The fourth-order valence-corrected chi connectivity index (χ4v) is 4.19. The summed E-state index contributed by atoms with van der Waals surface area (Å²) in [5.41, 5.74) is 2.16. The number of amides is 1. The number of hydrogen-bond donors (Lipinski definition) is 1. The molecule has 0 saturated carbocycles. The monoisotopic (exact) mass is 392 g/mol. The number of nitrogens with one attached hydrogen (secondary N) is 1. The van der Waals surface area contributed by atoms with Crippen LogP contribution >= 0.6 is 22.9 Å². The van der Waals surface area contributed by atoms with Crippen LogP contribution in [0.1, 0.15) is 28.5 Å². The standard InChI is InChI=1S/C20H25ClN2O2S/c1-15-4-5-16(13-17(15)21)6-7-20(24)22-14-18(19-3-2-12-26-19)23-8-10-25-11-9-23/h2-5,12-13,18H,6-11,14H2,1H3,(H,22,24)/t18-/m0/s1. The zero-order chi connectivity index (χ0) is 18.4. The first kappa shape index (κ1) is 19.4. The van der Waals surface area contributed by atoms with Crippen molar-refractivity contribution >= 4 is 28.8 Å². The third-order valence-corrected chi connectivity index (χ3v) is 6.11. The second-order valence-corrected chi connectivity index (χ2v) is 7.95. The van der Waals surface area contributed by atoms with E-state index in [4.69, 9.17) is 16.3 Å². The summed E-state index contributed by atoms with van der Waals surface area (Å²) in [6.07, 6.45) is 1.17. The van der Waals surface area contributed by atoms with Gasteiger partial charge in [-0.2, -0.15) is 0 Å². The number of halogens is 1. The van der Waals surface area contributed by atoms with E-state index in [0.717, 1.165) is 42.5 Å². The maximum absolute atomic E-state index is 12.3. The van der Waals surface area contributed by atoms with Crippen molar-refractivity contribution < 1.29 is 9.53 Å². The summed E-state index contributed by atoms with van der Waals surface area (Å²) in [4.78, 5) is 16.0. The zero-order valence-corrected chi connectivity index (χ0v) is 16.6. The van der Waals surface area contributed by atoms with Crippen LogP contribution in [0, 0.1) is 6.92 Å². The molecule has 4 nitrogen and oxygen atoms in total. The van der Waals surface area contributed by atoms with Crippen molar-refractivity contribution in [2.24, 2.45) is 0 Å². The van der Waals surface area contributed by atoms with E-state index in [2.05, 4.69) is 27.7 Å². The molecule has 0 aliphatic carbocycles. The molecule has 3 rings (SSSR count). The molecule has 2 heterocycles. The van der Waals surface area contributed by atoms with Crippen molar-refractivity contribution in [2.75, 3.05) is 32.8 Å². The summed E-state index contributed by atoms with van der Waals surface area (Å²) in [5, 5.41) is 5.96. The third kappa shape index (κ3) is 5.30. The van der Waals surface area contributed by atoms with Crippen molar-refractivity contribution in [3.8, 4) is 0 Å². The van der Waals surface area contributed by atoms with Gasteiger partial charge in [0.1, 0.15) is 0 Å². The van der Waals surface area contributed by atoms with Crippen LogP contribution in [0.5, 0.6) is 0 Å². The number of benzene rings is 1.